The quantitative estimate of drug-likeness (QED) is 0.214. The summed E-state index contributed by atoms with van der Waals surface area (Å²) in [7, 11) is 2.62. The van der Waals surface area contributed by atoms with Crippen molar-refractivity contribution in [2.24, 2.45) is 0 Å². The van der Waals surface area contributed by atoms with Gasteiger partial charge in [0.05, 0.1) is 26.3 Å². The fraction of sp³-hybridized carbons (Fsp3) is 0.154. The first kappa shape index (κ1) is 24.4. The van der Waals surface area contributed by atoms with Crippen molar-refractivity contribution in [3.05, 3.63) is 76.9 Å². The number of methoxy groups -OCH3 is 2. The van der Waals surface area contributed by atoms with E-state index in [0.717, 1.165) is 4.90 Å². The van der Waals surface area contributed by atoms with Gasteiger partial charge in [-0.2, -0.15) is 0 Å². The number of carbonyl (C=O) groups excluding carboxylic acids is 4. The molecule has 0 unspecified atom stereocenters. The highest BCUT2D eigenvalue weighted by Gasteiger charge is 2.34. The first-order chi connectivity index (χ1) is 18.4. The fourth-order valence-corrected chi connectivity index (χ4v) is 3.75. The SMILES string of the molecule is COC(=O)c1ccc(CN2C(=O)N/C(=C\c3ccc(OC(=O)c4ccc5c(c4)OCO5)c(OC)c3)C2=O)o1. The average Bonchev–Trinajstić information content (AvgIpc) is 3.65. The van der Waals surface area contributed by atoms with Gasteiger partial charge in [0.25, 0.3) is 5.91 Å². The molecule has 12 nitrogen and oxygen atoms in total. The molecule has 2 aromatic carbocycles. The van der Waals surface area contributed by atoms with Crippen LogP contribution in [-0.2, 0) is 16.1 Å². The third-order valence-corrected chi connectivity index (χ3v) is 5.63. The number of ether oxygens (including phenoxy) is 5. The number of imide groups is 1. The van der Waals surface area contributed by atoms with E-state index in [-0.39, 0.29) is 47.6 Å². The Hall–Kier alpha value is -5.26. The summed E-state index contributed by atoms with van der Waals surface area (Å²) in [5.41, 5.74) is 0.778. The summed E-state index contributed by atoms with van der Waals surface area (Å²) in [4.78, 5) is 50.4. The molecule has 0 radical (unpaired) electrons. The minimum atomic E-state index is -0.673. The molecular formula is C26H20N2O10. The number of rotatable bonds is 7. The van der Waals surface area contributed by atoms with E-state index >= 15 is 0 Å². The molecule has 38 heavy (non-hydrogen) atoms. The van der Waals surface area contributed by atoms with E-state index in [2.05, 4.69) is 10.1 Å². The van der Waals surface area contributed by atoms with Crippen LogP contribution in [0.25, 0.3) is 6.08 Å². The molecule has 2 aliphatic rings. The molecule has 1 aromatic heterocycles. The number of hydrogen-bond acceptors (Lipinski definition) is 10. The molecule has 0 bridgehead atoms. The van der Waals surface area contributed by atoms with E-state index in [4.69, 9.17) is 23.4 Å². The maximum absolute atomic E-state index is 12.8. The van der Waals surface area contributed by atoms with Crippen LogP contribution in [0.1, 0.15) is 32.2 Å². The predicted octanol–water partition coefficient (Wildman–Crippen LogP) is 3.12. The highest BCUT2D eigenvalue weighted by atomic mass is 16.7. The van der Waals surface area contributed by atoms with E-state index in [1.54, 1.807) is 24.3 Å². The number of carbonyl (C=O) groups is 4. The Labute approximate surface area is 215 Å². The summed E-state index contributed by atoms with van der Waals surface area (Å²) < 4.78 is 31.3. The number of benzene rings is 2. The zero-order valence-electron chi connectivity index (χ0n) is 20.1. The van der Waals surface area contributed by atoms with Gasteiger partial charge in [-0.1, -0.05) is 6.07 Å². The molecule has 3 heterocycles. The number of hydrogen-bond donors (Lipinski definition) is 1. The first-order valence-electron chi connectivity index (χ1n) is 11.2. The molecule has 0 saturated carbocycles. The summed E-state index contributed by atoms with van der Waals surface area (Å²) in [5.74, 6) is -0.346. The Balaban J connectivity index is 1.30. The normalized spacial score (nSPS) is 15.0. The summed E-state index contributed by atoms with van der Waals surface area (Å²) in [6, 6.07) is 11.6. The van der Waals surface area contributed by atoms with Crippen LogP contribution in [0.15, 0.2) is 58.6 Å². The molecule has 0 aliphatic carbocycles. The maximum atomic E-state index is 12.8. The topological polar surface area (TPSA) is 143 Å². The standard InChI is InChI=1S/C26H20N2O10/c1-33-21-10-14(3-6-19(21)38-24(30)15-4-7-18-22(11-15)36-13-35-18)9-17-23(29)28(26(32)27-17)12-16-5-8-20(37-16)25(31)34-2/h3-11H,12-13H2,1-2H3,(H,27,32)/b17-9-. The zero-order chi connectivity index (χ0) is 26.8. The number of amides is 3. The lowest BCUT2D eigenvalue weighted by atomic mass is 10.1. The number of nitrogens with zero attached hydrogens (tertiary/aromatic N) is 1. The Morgan fingerprint density at radius 2 is 1.79 bits per heavy atom. The Morgan fingerprint density at radius 3 is 2.58 bits per heavy atom. The molecule has 3 aromatic rings. The van der Waals surface area contributed by atoms with Crippen molar-refractivity contribution in [3.8, 4) is 23.0 Å². The smallest absolute Gasteiger partial charge is 0.373 e. The van der Waals surface area contributed by atoms with Gasteiger partial charge in [0.15, 0.2) is 23.0 Å². The van der Waals surface area contributed by atoms with Gasteiger partial charge in [0, 0.05) is 0 Å². The monoisotopic (exact) mass is 520 g/mol. The highest BCUT2D eigenvalue weighted by molar-refractivity contribution is 6.13. The summed E-state index contributed by atoms with van der Waals surface area (Å²) in [6.45, 7) is -0.102. The Kier molecular flexibility index (Phi) is 6.44. The van der Waals surface area contributed by atoms with Gasteiger partial charge >= 0.3 is 18.0 Å². The summed E-state index contributed by atoms with van der Waals surface area (Å²) >= 11 is 0. The second-order valence-corrected chi connectivity index (χ2v) is 8.00. The molecule has 2 aliphatic heterocycles. The predicted molar refractivity (Wildman–Crippen MR) is 128 cm³/mol. The first-order valence-corrected chi connectivity index (χ1v) is 11.2. The zero-order valence-corrected chi connectivity index (χ0v) is 20.1. The van der Waals surface area contributed by atoms with Crippen LogP contribution >= 0.6 is 0 Å². The van der Waals surface area contributed by atoms with Crippen LogP contribution in [0, 0.1) is 0 Å². The average molecular weight is 520 g/mol. The molecule has 0 spiro atoms. The molecule has 1 N–H and O–H groups in total. The van der Waals surface area contributed by atoms with Crippen molar-refractivity contribution in [1.82, 2.24) is 10.2 Å². The number of esters is 2. The van der Waals surface area contributed by atoms with Gasteiger partial charge in [-0.05, 0) is 54.1 Å². The van der Waals surface area contributed by atoms with Crippen LogP contribution in [0.5, 0.6) is 23.0 Å². The van der Waals surface area contributed by atoms with Crippen molar-refractivity contribution in [1.29, 1.82) is 0 Å². The molecule has 5 rings (SSSR count). The lowest BCUT2D eigenvalue weighted by molar-refractivity contribution is -0.123. The second kappa shape index (κ2) is 10.0. The second-order valence-electron chi connectivity index (χ2n) is 8.00. The Bertz CT molecular complexity index is 1490. The molecule has 0 atom stereocenters. The van der Waals surface area contributed by atoms with Crippen molar-refractivity contribution >= 4 is 30.0 Å². The van der Waals surface area contributed by atoms with Crippen LogP contribution in [0.2, 0.25) is 0 Å². The molecule has 1 fully saturated rings. The van der Waals surface area contributed by atoms with Crippen molar-refractivity contribution in [3.63, 3.8) is 0 Å². The molecule has 1 saturated heterocycles. The van der Waals surface area contributed by atoms with Crippen molar-refractivity contribution in [2.75, 3.05) is 21.0 Å². The number of furan rings is 1. The number of fused-ring (bicyclic) bond motifs is 1. The van der Waals surface area contributed by atoms with Crippen molar-refractivity contribution < 1.29 is 47.3 Å². The van der Waals surface area contributed by atoms with Crippen LogP contribution in [0.3, 0.4) is 0 Å². The van der Waals surface area contributed by atoms with Crippen LogP contribution in [0.4, 0.5) is 4.79 Å². The third-order valence-electron chi connectivity index (χ3n) is 5.63. The van der Waals surface area contributed by atoms with E-state index in [1.807, 2.05) is 0 Å². The summed E-state index contributed by atoms with van der Waals surface area (Å²) in [6.07, 6.45) is 1.45. The molecule has 194 valence electrons. The fourth-order valence-electron chi connectivity index (χ4n) is 3.75. The lowest BCUT2D eigenvalue weighted by Crippen LogP contribution is -2.30. The number of nitrogens with one attached hydrogen (secondary N) is 1. The third kappa shape index (κ3) is 4.74. The minimum Gasteiger partial charge on any atom is -0.493 e. The molecular weight excluding hydrogens is 500 g/mol. The Morgan fingerprint density at radius 1 is 0.974 bits per heavy atom. The largest absolute Gasteiger partial charge is 0.493 e. The van der Waals surface area contributed by atoms with Gasteiger partial charge < -0.3 is 33.4 Å². The summed E-state index contributed by atoms with van der Waals surface area (Å²) in [5, 5.41) is 2.51. The number of urea groups is 1. The van der Waals surface area contributed by atoms with Gasteiger partial charge in [0.2, 0.25) is 12.6 Å². The molecule has 3 amide bonds. The van der Waals surface area contributed by atoms with Crippen molar-refractivity contribution in [2.45, 2.75) is 6.54 Å². The highest BCUT2D eigenvalue weighted by Crippen LogP contribution is 2.34. The van der Waals surface area contributed by atoms with Gasteiger partial charge in [0.1, 0.15) is 11.5 Å². The molecule has 12 heteroatoms. The van der Waals surface area contributed by atoms with E-state index in [9.17, 15) is 19.2 Å². The van der Waals surface area contributed by atoms with Gasteiger partial charge in [-0.15, -0.1) is 0 Å². The van der Waals surface area contributed by atoms with Gasteiger partial charge in [-0.25, -0.2) is 14.4 Å². The maximum Gasteiger partial charge on any atom is 0.373 e. The van der Waals surface area contributed by atoms with E-state index < -0.39 is 23.9 Å². The van der Waals surface area contributed by atoms with E-state index in [1.165, 1.54) is 44.6 Å². The van der Waals surface area contributed by atoms with E-state index in [0.29, 0.717) is 17.1 Å². The minimum absolute atomic E-state index is 0.0157. The lowest BCUT2D eigenvalue weighted by Gasteiger charge is -2.11. The van der Waals surface area contributed by atoms with Crippen LogP contribution in [-0.4, -0.2) is 49.8 Å². The van der Waals surface area contributed by atoms with Crippen LogP contribution < -0.4 is 24.3 Å². The van der Waals surface area contributed by atoms with Gasteiger partial charge in [-0.3, -0.25) is 9.69 Å².